The summed E-state index contributed by atoms with van der Waals surface area (Å²) in [6.45, 7) is 1.39. The Kier molecular flexibility index (Phi) is 4.03. The van der Waals surface area contributed by atoms with E-state index in [0.29, 0.717) is 31.5 Å². The molecule has 20 heavy (non-hydrogen) atoms. The number of fused-ring (bicyclic) bond motifs is 1. The minimum atomic E-state index is 0.0396. The highest BCUT2D eigenvalue weighted by molar-refractivity contribution is 5.23. The Morgan fingerprint density at radius 3 is 3.20 bits per heavy atom. The summed E-state index contributed by atoms with van der Waals surface area (Å²) in [5.74, 6) is 1.18. The summed E-state index contributed by atoms with van der Waals surface area (Å²) in [7, 11) is 1.63. The molecule has 1 unspecified atom stereocenters. The first-order valence-corrected chi connectivity index (χ1v) is 6.67. The number of nitrogens with zero attached hydrogens (tertiary/aromatic N) is 4. The lowest BCUT2D eigenvalue weighted by atomic mass is 9.90. The predicted octanol–water partition coefficient (Wildman–Crippen LogP) is 0.819. The third kappa shape index (κ3) is 2.70. The van der Waals surface area contributed by atoms with E-state index in [2.05, 4.69) is 25.6 Å². The normalized spacial score (nSPS) is 18.1. The van der Waals surface area contributed by atoms with Crippen LogP contribution in [0.2, 0.25) is 0 Å². The predicted molar refractivity (Wildman–Crippen MR) is 67.0 cm³/mol. The third-order valence-electron chi connectivity index (χ3n) is 3.33. The molecular weight excluding hydrogens is 262 g/mol. The average molecular weight is 279 g/mol. The fraction of sp³-hybridized carbons (Fsp3) is 0.667. The van der Waals surface area contributed by atoms with Crippen LogP contribution in [0, 0.1) is 0 Å². The highest BCUT2D eigenvalue weighted by Crippen LogP contribution is 2.33. The average Bonchev–Trinajstić information content (AvgIpc) is 3.12. The molecule has 0 spiro atoms. The van der Waals surface area contributed by atoms with E-state index in [4.69, 9.17) is 14.0 Å². The van der Waals surface area contributed by atoms with Gasteiger partial charge < -0.3 is 14.0 Å². The van der Waals surface area contributed by atoms with Gasteiger partial charge in [-0.3, -0.25) is 0 Å². The molecule has 0 fully saturated rings. The number of H-pyrrole nitrogens is 1. The van der Waals surface area contributed by atoms with Crippen LogP contribution in [0.1, 0.15) is 41.9 Å². The highest BCUT2D eigenvalue weighted by atomic mass is 16.5. The van der Waals surface area contributed by atoms with Crippen LogP contribution in [0.25, 0.3) is 0 Å². The number of aromatic amines is 1. The molecule has 1 N–H and O–H groups in total. The molecule has 1 aliphatic rings. The molecule has 1 aliphatic carbocycles. The molecule has 0 bridgehead atoms. The fourth-order valence-corrected chi connectivity index (χ4v) is 2.35. The van der Waals surface area contributed by atoms with Crippen molar-refractivity contribution in [2.75, 3.05) is 20.3 Å². The molecule has 2 aromatic heterocycles. The summed E-state index contributed by atoms with van der Waals surface area (Å²) in [5, 5.41) is 14.9. The van der Waals surface area contributed by atoms with Gasteiger partial charge in [0.1, 0.15) is 6.61 Å². The molecule has 8 heteroatoms. The number of methoxy groups -OCH3 is 1. The van der Waals surface area contributed by atoms with Crippen molar-refractivity contribution in [2.24, 2.45) is 0 Å². The molecule has 2 heterocycles. The number of ether oxygens (including phenoxy) is 2. The van der Waals surface area contributed by atoms with Gasteiger partial charge in [-0.15, -0.1) is 0 Å². The van der Waals surface area contributed by atoms with Crippen LogP contribution < -0.4 is 0 Å². The fourth-order valence-electron chi connectivity index (χ4n) is 2.35. The smallest absolute Gasteiger partial charge is 0.236 e. The van der Waals surface area contributed by atoms with Gasteiger partial charge in [-0.25, -0.2) is 0 Å². The molecule has 2 aromatic rings. The summed E-state index contributed by atoms with van der Waals surface area (Å²) >= 11 is 0. The third-order valence-corrected chi connectivity index (χ3v) is 3.33. The van der Waals surface area contributed by atoms with Crippen LogP contribution in [0.15, 0.2) is 4.52 Å². The SMILES string of the molecule is COCCOCc1noc(C2CCCc3n[nH]nc32)n1. The summed E-state index contributed by atoms with van der Waals surface area (Å²) in [6.07, 6.45) is 2.95. The van der Waals surface area contributed by atoms with Gasteiger partial charge in [-0.1, -0.05) is 5.16 Å². The first-order valence-electron chi connectivity index (χ1n) is 6.67. The zero-order chi connectivity index (χ0) is 13.8. The van der Waals surface area contributed by atoms with Crippen LogP contribution in [0.4, 0.5) is 0 Å². The second-order valence-corrected chi connectivity index (χ2v) is 4.69. The summed E-state index contributed by atoms with van der Waals surface area (Å²) in [6, 6.07) is 0. The van der Waals surface area contributed by atoms with Crippen LogP contribution >= 0.6 is 0 Å². The maximum absolute atomic E-state index is 5.37. The van der Waals surface area contributed by atoms with Crippen LogP contribution in [0.3, 0.4) is 0 Å². The van der Waals surface area contributed by atoms with E-state index in [1.165, 1.54) is 0 Å². The summed E-state index contributed by atoms with van der Waals surface area (Å²) in [5.41, 5.74) is 1.92. The van der Waals surface area contributed by atoms with E-state index in [1.807, 2.05) is 0 Å². The van der Waals surface area contributed by atoms with Crippen molar-refractivity contribution in [3.8, 4) is 0 Å². The Labute approximate surface area is 115 Å². The van der Waals surface area contributed by atoms with Crippen molar-refractivity contribution in [3.63, 3.8) is 0 Å². The van der Waals surface area contributed by atoms with Crippen molar-refractivity contribution in [1.29, 1.82) is 0 Å². The van der Waals surface area contributed by atoms with Gasteiger partial charge >= 0.3 is 0 Å². The lowest BCUT2D eigenvalue weighted by Gasteiger charge is -2.15. The van der Waals surface area contributed by atoms with E-state index in [9.17, 15) is 0 Å². The first-order chi connectivity index (χ1) is 9.88. The molecule has 0 amide bonds. The minimum Gasteiger partial charge on any atom is -0.382 e. The molecule has 108 valence electrons. The maximum atomic E-state index is 5.37. The van der Waals surface area contributed by atoms with Crippen molar-refractivity contribution in [2.45, 2.75) is 31.8 Å². The summed E-state index contributed by atoms with van der Waals surface area (Å²) in [4.78, 5) is 4.38. The lowest BCUT2D eigenvalue weighted by Crippen LogP contribution is -2.11. The molecule has 0 aliphatic heterocycles. The standard InChI is InChI=1S/C12H17N5O3/c1-18-5-6-19-7-10-13-12(20-16-10)8-3-2-4-9-11(8)15-17-14-9/h8H,2-7H2,1H3,(H,14,15,17). The van der Waals surface area contributed by atoms with Gasteiger partial charge in [0.05, 0.1) is 30.5 Å². The second-order valence-electron chi connectivity index (χ2n) is 4.69. The van der Waals surface area contributed by atoms with Crippen LogP contribution in [0.5, 0.6) is 0 Å². The molecular formula is C12H17N5O3. The van der Waals surface area contributed by atoms with Gasteiger partial charge in [0.2, 0.25) is 5.89 Å². The molecule has 3 rings (SSSR count). The van der Waals surface area contributed by atoms with E-state index in [0.717, 1.165) is 30.7 Å². The zero-order valence-electron chi connectivity index (χ0n) is 11.3. The monoisotopic (exact) mass is 279 g/mol. The number of aromatic nitrogens is 5. The molecule has 0 radical (unpaired) electrons. The second kappa shape index (κ2) is 6.10. The van der Waals surface area contributed by atoms with Crippen molar-refractivity contribution >= 4 is 0 Å². The number of nitrogens with one attached hydrogen (secondary N) is 1. The van der Waals surface area contributed by atoms with Crippen LogP contribution in [-0.4, -0.2) is 45.9 Å². The summed E-state index contributed by atoms with van der Waals surface area (Å²) < 4.78 is 15.6. The Balaban J connectivity index is 1.66. The van der Waals surface area contributed by atoms with Gasteiger partial charge in [0.25, 0.3) is 0 Å². The van der Waals surface area contributed by atoms with Crippen molar-refractivity contribution < 1.29 is 14.0 Å². The lowest BCUT2D eigenvalue weighted by molar-refractivity contribution is 0.0577. The van der Waals surface area contributed by atoms with Gasteiger partial charge in [-0.05, 0) is 19.3 Å². The number of hydrogen-bond donors (Lipinski definition) is 1. The molecule has 8 nitrogen and oxygen atoms in total. The van der Waals surface area contributed by atoms with Gasteiger partial charge in [0.15, 0.2) is 5.82 Å². The Morgan fingerprint density at radius 2 is 2.30 bits per heavy atom. The Morgan fingerprint density at radius 1 is 1.35 bits per heavy atom. The number of rotatable bonds is 6. The van der Waals surface area contributed by atoms with Crippen molar-refractivity contribution in [3.05, 3.63) is 23.1 Å². The van der Waals surface area contributed by atoms with Crippen molar-refractivity contribution in [1.82, 2.24) is 25.6 Å². The molecule has 0 saturated carbocycles. The first kappa shape index (κ1) is 13.2. The Bertz CT molecular complexity index is 553. The van der Waals surface area contributed by atoms with E-state index in [1.54, 1.807) is 7.11 Å². The molecule has 1 atom stereocenters. The molecule has 0 aromatic carbocycles. The number of aryl methyl sites for hydroxylation is 1. The van der Waals surface area contributed by atoms with Gasteiger partial charge in [-0.2, -0.15) is 20.4 Å². The zero-order valence-corrected chi connectivity index (χ0v) is 11.3. The quantitative estimate of drug-likeness (QED) is 0.781. The van der Waals surface area contributed by atoms with E-state index in [-0.39, 0.29) is 5.92 Å². The van der Waals surface area contributed by atoms with E-state index >= 15 is 0 Å². The van der Waals surface area contributed by atoms with E-state index < -0.39 is 0 Å². The molecule has 0 saturated heterocycles. The van der Waals surface area contributed by atoms with Crippen LogP contribution in [-0.2, 0) is 22.5 Å². The van der Waals surface area contributed by atoms with Gasteiger partial charge in [0, 0.05) is 7.11 Å². The highest BCUT2D eigenvalue weighted by Gasteiger charge is 2.29. The minimum absolute atomic E-state index is 0.0396. The maximum Gasteiger partial charge on any atom is 0.236 e. The topological polar surface area (TPSA) is 99.0 Å². The Hall–Kier alpha value is -1.80. The largest absolute Gasteiger partial charge is 0.382 e. The number of hydrogen-bond acceptors (Lipinski definition) is 7.